The number of hydrogen-bond acceptors (Lipinski definition) is 10. The summed E-state index contributed by atoms with van der Waals surface area (Å²) in [7, 11) is 0. The minimum atomic E-state index is -1.20. The number of carbonyl (C=O) groups excluding carboxylic acids is 4. The van der Waals surface area contributed by atoms with Crippen molar-refractivity contribution in [1.29, 1.82) is 0 Å². The first-order chi connectivity index (χ1) is 33.7. The molecule has 71 heavy (non-hydrogen) atoms. The highest BCUT2D eigenvalue weighted by Crippen LogP contribution is 2.29. The summed E-state index contributed by atoms with van der Waals surface area (Å²) in [5.41, 5.74) is -3.59. The molecule has 4 amide bonds. The van der Waals surface area contributed by atoms with Crippen molar-refractivity contribution in [2.45, 2.75) is 71.6 Å². The third-order valence-electron chi connectivity index (χ3n) is 12.4. The summed E-state index contributed by atoms with van der Waals surface area (Å²) in [5.74, 6) is -11.2. The van der Waals surface area contributed by atoms with Gasteiger partial charge in [-0.25, -0.2) is 26.3 Å². The van der Waals surface area contributed by atoms with Crippen LogP contribution in [0.3, 0.4) is 0 Å². The van der Waals surface area contributed by atoms with E-state index in [1.54, 1.807) is 46.1 Å². The van der Waals surface area contributed by atoms with Gasteiger partial charge < -0.3 is 30.3 Å². The lowest BCUT2D eigenvalue weighted by Crippen LogP contribution is -2.57. The van der Waals surface area contributed by atoms with E-state index in [2.05, 4.69) is 10.6 Å². The van der Waals surface area contributed by atoms with Crippen molar-refractivity contribution in [2.75, 3.05) is 23.4 Å². The van der Waals surface area contributed by atoms with E-state index in [-0.39, 0.29) is 66.8 Å². The molecule has 4 bridgehead atoms. The molecule has 0 aliphatic carbocycles. The van der Waals surface area contributed by atoms with Gasteiger partial charge in [0.25, 0.3) is 23.6 Å². The number of nitrogens with one attached hydrogen (secondary N) is 2. The number of aromatic nitrogens is 2. The lowest BCUT2D eigenvalue weighted by molar-refractivity contribution is 0.0643. The topological polar surface area (TPSA) is 179 Å². The molecule has 0 spiro atoms. The molecule has 5 aromatic rings. The Hall–Kier alpha value is -8.30. The highest BCUT2D eigenvalue weighted by Gasteiger charge is 2.40. The lowest BCUT2D eigenvalue weighted by atomic mass is 10.1. The van der Waals surface area contributed by atoms with E-state index < -0.39 is 105 Å². The minimum Gasteiger partial charge on any atom is -0.502 e. The van der Waals surface area contributed by atoms with E-state index in [0.717, 1.165) is 11.8 Å². The summed E-state index contributed by atoms with van der Waals surface area (Å²) in [6.45, 7) is 6.39. The van der Waals surface area contributed by atoms with Crippen LogP contribution in [0, 0.1) is 34.9 Å². The zero-order valence-electron chi connectivity index (χ0n) is 38.3. The van der Waals surface area contributed by atoms with Crippen molar-refractivity contribution in [3.63, 3.8) is 0 Å². The highest BCUT2D eigenvalue weighted by molar-refractivity contribution is 6.00. The van der Waals surface area contributed by atoms with Crippen LogP contribution in [0.15, 0.2) is 101 Å². The normalized spacial score (nSPS) is 18.7. The summed E-state index contributed by atoms with van der Waals surface area (Å²) in [4.78, 5) is 81.6. The Balaban J connectivity index is 0.000000194. The molecular weight excluding hydrogens is 943 g/mol. The highest BCUT2D eigenvalue weighted by atomic mass is 19.2. The maximum atomic E-state index is 14.1. The molecule has 9 rings (SSSR count). The summed E-state index contributed by atoms with van der Waals surface area (Å²) in [6.07, 6.45) is 9.81. The first-order valence-corrected chi connectivity index (χ1v) is 22.1. The van der Waals surface area contributed by atoms with Crippen molar-refractivity contribution >= 4 is 23.6 Å². The number of nitrogens with zero attached hydrogens (tertiary/aromatic N) is 6. The van der Waals surface area contributed by atoms with Gasteiger partial charge in [0.15, 0.2) is 22.9 Å². The molecule has 6 heterocycles. The fourth-order valence-electron chi connectivity index (χ4n) is 8.34. The van der Waals surface area contributed by atoms with Crippen molar-refractivity contribution in [1.82, 2.24) is 29.8 Å². The summed E-state index contributed by atoms with van der Waals surface area (Å²) in [5, 5.41) is 18.5. The van der Waals surface area contributed by atoms with Crippen molar-refractivity contribution in [3.8, 4) is 11.5 Å². The smallest absolute Gasteiger partial charge is 0.278 e. The summed E-state index contributed by atoms with van der Waals surface area (Å²) in [6, 6.07) is 9.94. The number of amides is 4. The lowest BCUT2D eigenvalue weighted by Gasteiger charge is -2.42. The number of hydrogen-bond donors (Lipinski definition) is 3. The second kappa shape index (κ2) is 19.6. The quantitative estimate of drug-likeness (QED) is 0.134. The molecule has 3 aromatic carbocycles. The Bertz CT molecular complexity index is 3140. The SMILES string of the molecule is C[C@H]1C=C[C@H](C)N2CN1C(=O)c1c(O)c(=O)c(C(=O)NCc3c(F)cc(F)cc3F)cn12.C[C@H]1C=C[C@H](C)N2CN1C(=O)c1c(OCc3ccccc3)c(=O)c(C(=O)NCc3c(F)cc(F)cc3F)cn12. The molecule has 0 unspecified atom stereocenters. The summed E-state index contributed by atoms with van der Waals surface area (Å²) >= 11 is 0. The van der Waals surface area contributed by atoms with Gasteiger partial charge >= 0.3 is 0 Å². The number of aromatic hydroxyl groups is 1. The number of fused-ring (bicyclic) bond motifs is 8. The van der Waals surface area contributed by atoms with Crippen LogP contribution in [0.5, 0.6) is 11.5 Å². The third kappa shape index (κ3) is 9.43. The molecule has 22 heteroatoms. The van der Waals surface area contributed by atoms with Crippen LogP contribution in [0.25, 0.3) is 0 Å². The largest absolute Gasteiger partial charge is 0.502 e. The van der Waals surface area contributed by atoms with E-state index in [1.807, 2.05) is 51.1 Å². The molecule has 0 fully saturated rings. The van der Waals surface area contributed by atoms with Gasteiger partial charge in [0.1, 0.15) is 66.0 Å². The Labute approximate surface area is 400 Å². The van der Waals surface area contributed by atoms with Gasteiger partial charge in [-0.3, -0.25) is 48.1 Å². The molecule has 0 radical (unpaired) electrons. The predicted molar refractivity (Wildman–Crippen MR) is 243 cm³/mol. The predicted octanol–water partition coefficient (Wildman–Crippen LogP) is 5.07. The zero-order valence-corrected chi connectivity index (χ0v) is 38.3. The number of benzene rings is 3. The van der Waals surface area contributed by atoms with Crippen molar-refractivity contribution in [3.05, 3.63) is 186 Å². The molecule has 3 N–H and O–H groups in total. The fraction of sp³-hybridized carbons (Fsp3) is 0.265. The van der Waals surface area contributed by atoms with Crippen LogP contribution in [-0.4, -0.2) is 85.4 Å². The average Bonchev–Trinajstić information content (AvgIpc) is 3.54. The van der Waals surface area contributed by atoms with E-state index in [1.165, 1.54) is 20.4 Å². The fourth-order valence-corrected chi connectivity index (χ4v) is 8.34. The molecule has 4 aliphatic rings. The van der Waals surface area contributed by atoms with Crippen molar-refractivity contribution < 1.29 is 55.4 Å². The molecule has 370 valence electrons. The van der Waals surface area contributed by atoms with Crippen LogP contribution in [0.4, 0.5) is 26.3 Å². The monoisotopic (exact) mass is 986 g/mol. The molecular formula is C49H44F6N8O8. The van der Waals surface area contributed by atoms with E-state index in [9.17, 15) is 60.2 Å². The van der Waals surface area contributed by atoms with E-state index in [4.69, 9.17) is 4.74 Å². The molecule has 0 saturated carbocycles. The van der Waals surface area contributed by atoms with Gasteiger partial charge in [-0.15, -0.1) is 0 Å². The third-order valence-corrected chi connectivity index (χ3v) is 12.4. The zero-order chi connectivity index (χ0) is 51.2. The maximum Gasteiger partial charge on any atom is 0.278 e. The van der Waals surface area contributed by atoms with Crippen LogP contribution in [0.2, 0.25) is 0 Å². The van der Waals surface area contributed by atoms with Crippen LogP contribution < -0.4 is 36.2 Å². The minimum absolute atomic E-state index is 0.0308. The summed E-state index contributed by atoms with van der Waals surface area (Å²) < 4.78 is 90.8. The number of ether oxygens (including phenoxy) is 1. The average molecular weight is 987 g/mol. The maximum absolute atomic E-state index is 14.1. The van der Waals surface area contributed by atoms with Crippen molar-refractivity contribution in [2.24, 2.45) is 0 Å². The Morgan fingerprint density at radius 1 is 0.606 bits per heavy atom. The van der Waals surface area contributed by atoms with Gasteiger partial charge in [-0.2, -0.15) is 0 Å². The Morgan fingerprint density at radius 2 is 1.01 bits per heavy atom. The van der Waals surface area contributed by atoms with Crippen LogP contribution in [-0.2, 0) is 19.7 Å². The van der Waals surface area contributed by atoms with Gasteiger partial charge in [0.2, 0.25) is 10.9 Å². The second-order valence-corrected chi connectivity index (χ2v) is 17.1. The van der Waals surface area contributed by atoms with E-state index >= 15 is 0 Å². The first-order valence-electron chi connectivity index (χ1n) is 22.1. The first kappa shape index (κ1) is 49.1. The van der Waals surface area contributed by atoms with Gasteiger partial charge in [0, 0.05) is 73.0 Å². The van der Waals surface area contributed by atoms with Gasteiger partial charge in [-0.1, -0.05) is 54.6 Å². The van der Waals surface area contributed by atoms with Gasteiger partial charge in [-0.05, 0) is 33.3 Å². The number of halogens is 6. The van der Waals surface area contributed by atoms with E-state index in [0.29, 0.717) is 24.3 Å². The van der Waals surface area contributed by atoms with Crippen LogP contribution in [0.1, 0.15) is 86.1 Å². The molecule has 4 atom stereocenters. The Morgan fingerprint density at radius 3 is 1.48 bits per heavy atom. The molecule has 4 aliphatic heterocycles. The molecule has 2 aromatic heterocycles. The number of carbonyl (C=O) groups is 4. The molecule has 16 nitrogen and oxygen atoms in total. The second-order valence-electron chi connectivity index (χ2n) is 17.1. The number of pyridine rings is 2. The molecule has 0 saturated heterocycles. The van der Waals surface area contributed by atoms with Gasteiger partial charge in [0.05, 0.1) is 12.1 Å². The number of rotatable bonds is 9. The standard InChI is InChI=1S/C28H25F3N4O4.C21H19F3N4O4/c1-16-8-9-17(2)35-15-33(16)28(38)24-26(39-14-18-6-4-3-5-7-18)25(36)21(13-34(24)35)27(37)32-12-20-22(30)10-19(29)11-23(20)31;1-10-3-4-11(2)28-9-26(10)21(32)17-19(30)18(29)14(8-27(17)28)20(31)25-7-13-15(23)5-12(22)6-16(13)24/h3-11,13,16-17H,12,14-15H2,1-2H3,(H,32,37);3-6,8,10-11,30H,7,9H2,1-2H3,(H,25,31)/t16-,17-;10-,11-/m00/s1. The van der Waals surface area contributed by atoms with Crippen LogP contribution >= 0.6 is 0 Å². The Kier molecular flexibility index (Phi) is 13.6.